The summed E-state index contributed by atoms with van der Waals surface area (Å²) in [6.07, 6.45) is 1.56. The fraction of sp³-hybridized carbons (Fsp3) is 0.280. The van der Waals surface area contributed by atoms with Crippen LogP contribution in [-0.2, 0) is 9.59 Å². The number of non-ortho nitro benzene ring substituents is 1. The Morgan fingerprint density at radius 3 is 2.42 bits per heavy atom. The smallest absolute Gasteiger partial charge is 0.313 e. The predicted octanol–water partition coefficient (Wildman–Crippen LogP) is 3.25. The highest BCUT2D eigenvalue weighted by Gasteiger charge is 2.28. The normalized spacial score (nSPS) is 14.8. The van der Waals surface area contributed by atoms with E-state index in [1.807, 2.05) is 6.07 Å². The van der Waals surface area contributed by atoms with Crippen LogP contribution in [0.2, 0.25) is 0 Å². The number of amides is 2. The monoisotopic (exact) mass is 495 g/mol. The Morgan fingerprint density at radius 1 is 1.08 bits per heavy atom. The van der Waals surface area contributed by atoms with Crippen molar-refractivity contribution >= 4 is 28.9 Å². The van der Waals surface area contributed by atoms with Gasteiger partial charge in [0.05, 0.1) is 17.2 Å². The molecule has 188 valence electrons. The third-order valence-corrected chi connectivity index (χ3v) is 6.15. The zero-order valence-electron chi connectivity index (χ0n) is 19.6. The van der Waals surface area contributed by atoms with E-state index in [9.17, 15) is 24.1 Å². The summed E-state index contributed by atoms with van der Waals surface area (Å²) < 4.78 is 18.9. The molecule has 1 saturated heterocycles. The SMILES string of the molecule is Cc1cc([N+](=O)[O-])ccc1NC(=O)C(=O)NCC(c1ccco1)N1CCN(c2ccc(F)cc2)CC1. The van der Waals surface area contributed by atoms with Crippen molar-refractivity contribution in [1.82, 2.24) is 10.2 Å². The molecule has 0 saturated carbocycles. The number of nitro benzene ring substituents is 1. The number of halogens is 1. The molecule has 1 aliphatic heterocycles. The second kappa shape index (κ2) is 11.0. The Bertz CT molecular complexity index is 1220. The largest absolute Gasteiger partial charge is 0.468 e. The molecule has 0 spiro atoms. The molecule has 0 radical (unpaired) electrons. The second-order valence-electron chi connectivity index (χ2n) is 8.45. The molecule has 1 atom stereocenters. The number of anilines is 2. The fourth-order valence-corrected chi connectivity index (χ4v) is 4.18. The zero-order valence-corrected chi connectivity index (χ0v) is 19.6. The summed E-state index contributed by atoms with van der Waals surface area (Å²) in [5.74, 6) is -1.31. The molecule has 2 heterocycles. The van der Waals surface area contributed by atoms with Gasteiger partial charge in [-0.1, -0.05) is 0 Å². The molecule has 0 aliphatic carbocycles. The second-order valence-corrected chi connectivity index (χ2v) is 8.45. The minimum Gasteiger partial charge on any atom is -0.468 e. The van der Waals surface area contributed by atoms with Crippen molar-refractivity contribution in [1.29, 1.82) is 0 Å². The molecule has 1 aliphatic rings. The lowest BCUT2D eigenvalue weighted by Crippen LogP contribution is -2.50. The topological polar surface area (TPSA) is 121 Å². The Hall–Kier alpha value is -4.25. The van der Waals surface area contributed by atoms with Crippen molar-refractivity contribution in [2.45, 2.75) is 13.0 Å². The van der Waals surface area contributed by atoms with Crippen molar-refractivity contribution in [3.63, 3.8) is 0 Å². The maximum absolute atomic E-state index is 13.2. The lowest BCUT2D eigenvalue weighted by molar-refractivity contribution is -0.384. The molecule has 1 fully saturated rings. The summed E-state index contributed by atoms with van der Waals surface area (Å²) in [7, 11) is 0. The van der Waals surface area contributed by atoms with E-state index in [0.717, 1.165) is 5.69 Å². The van der Waals surface area contributed by atoms with E-state index in [4.69, 9.17) is 4.42 Å². The Kier molecular flexibility index (Phi) is 7.59. The number of nitrogens with one attached hydrogen (secondary N) is 2. The van der Waals surface area contributed by atoms with Crippen LogP contribution in [0.25, 0.3) is 0 Å². The quantitative estimate of drug-likeness (QED) is 0.293. The summed E-state index contributed by atoms with van der Waals surface area (Å²) in [5.41, 5.74) is 1.63. The Labute approximate surface area is 206 Å². The van der Waals surface area contributed by atoms with Crippen LogP contribution in [0.5, 0.6) is 0 Å². The predicted molar refractivity (Wildman–Crippen MR) is 131 cm³/mol. The first kappa shape index (κ1) is 24.9. The Balaban J connectivity index is 1.36. The van der Waals surface area contributed by atoms with Crippen molar-refractivity contribution in [2.75, 3.05) is 42.9 Å². The zero-order chi connectivity index (χ0) is 25.7. The van der Waals surface area contributed by atoms with Crippen molar-refractivity contribution < 1.29 is 23.3 Å². The van der Waals surface area contributed by atoms with Gasteiger partial charge in [0.1, 0.15) is 11.6 Å². The maximum Gasteiger partial charge on any atom is 0.313 e. The van der Waals surface area contributed by atoms with Crippen LogP contribution < -0.4 is 15.5 Å². The van der Waals surface area contributed by atoms with Crippen LogP contribution in [0.15, 0.2) is 65.3 Å². The summed E-state index contributed by atoms with van der Waals surface area (Å²) in [6.45, 7) is 4.52. The van der Waals surface area contributed by atoms with Gasteiger partial charge in [-0.15, -0.1) is 0 Å². The van der Waals surface area contributed by atoms with E-state index in [0.29, 0.717) is 43.2 Å². The number of hydrogen-bond acceptors (Lipinski definition) is 7. The van der Waals surface area contributed by atoms with Gasteiger partial charge in [0.25, 0.3) is 5.69 Å². The van der Waals surface area contributed by atoms with Gasteiger partial charge in [0.15, 0.2) is 0 Å². The van der Waals surface area contributed by atoms with Crippen LogP contribution in [-0.4, -0.2) is 54.4 Å². The third-order valence-electron chi connectivity index (χ3n) is 6.15. The minimum absolute atomic E-state index is 0.101. The highest BCUT2D eigenvalue weighted by molar-refractivity contribution is 6.39. The molecule has 11 heteroatoms. The van der Waals surface area contributed by atoms with Crippen molar-refractivity contribution in [3.8, 4) is 0 Å². The molecule has 10 nitrogen and oxygen atoms in total. The lowest BCUT2D eigenvalue weighted by Gasteiger charge is -2.39. The summed E-state index contributed by atoms with van der Waals surface area (Å²) in [6, 6.07) is 13.7. The molecule has 0 bridgehead atoms. The highest BCUT2D eigenvalue weighted by atomic mass is 19.1. The number of hydrogen-bond donors (Lipinski definition) is 2. The van der Waals surface area contributed by atoms with Crippen molar-refractivity contribution in [3.05, 3.63) is 88.1 Å². The third kappa shape index (κ3) is 5.87. The molecular formula is C25H26FN5O5. The van der Waals surface area contributed by atoms with Gasteiger partial charge in [0.2, 0.25) is 0 Å². The van der Waals surface area contributed by atoms with Gasteiger partial charge < -0.3 is 20.0 Å². The minimum atomic E-state index is -0.869. The first-order chi connectivity index (χ1) is 17.3. The number of aryl methyl sites for hydroxylation is 1. The molecule has 36 heavy (non-hydrogen) atoms. The van der Waals surface area contributed by atoms with E-state index in [2.05, 4.69) is 20.4 Å². The van der Waals surface area contributed by atoms with E-state index in [1.165, 1.54) is 30.3 Å². The van der Waals surface area contributed by atoms with Gasteiger partial charge in [-0.3, -0.25) is 24.6 Å². The van der Waals surface area contributed by atoms with Gasteiger partial charge in [-0.25, -0.2) is 4.39 Å². The van der Waals surface area contributed by atoms with Gasteiger partial charge in [-0.2, -0.15) is 0 Å². The van der Waals surface area contributed by atoms with Gasteiger partial charge in [0, 0.05) is 56.2 Å². The standard InChI is InChI=1S/C25H26FN5O5/c1-17-15-20(31(34)35)8-9-21(17)28-25(33)24(32)27-16-22(23-3-2-14-36-23)30-12-10-29(11-13-30)19-6-4-18(26)5-7-19/h2-9,14-15,22H,10-13,16H2,1H3,(H,27,32)(H,28,33). The van der Waals surface area contributed by atoms with Crippen LogP contribution in [0, 0.1) is 22.9 Å². The average Bonchev–Trinajstić information content (AvgIpc) is 3.40. The van der Waals surface area contributed by atoms with Crippen LogP contribution in [0.4, 0.5) is 21.5 Å². The number of rotatable bonds is 7. The molecule has 3 aromatic rings. The number of piperazine rings is 1. The molecule has 1 unspecified atom stereocenters. The van der Waals surface area contributed by atoms with Gasteiger partial charge in [-0.05, 0) is 55.0 Å². The van der Waals surface area contributed by atoms with E-state index in [-0.39, 0.29) is 24.1 Å². The van der Waals surface area contributed by atoms with Crippen LogP contribution in [0.3, 0.4) is 0 Å². The van der Waals surface area contributed by atoms with Crippen LogP contribution in [0.1, 0.15) is 17.4 Å². The summed E-state index contributed by atoms with van der Waals surface area (Å²) in [4.78, 5) is 39.7. The first-order valence-corrected chi connectivity index (χ1v) is 11.4. The average molecular weight is 496 g/mol. The molecular weight excluding hydrogens is 469 g/mol. The molecule has 2 aromatic carbocycles. The fourth-order valence-electron chi connectivity index (χ4n) is 4.18. The number of carbonyl (C=O) groups excluding carboxylic acids is 2. The molecule has 2 N–H and O–H groups in total. The molecule has 2 amide bonds. The maximum atomic E-state index is 13.2. The first-order valence-electron chi connectivity index (χ1n) is 11.4. The highest BCUT2D eigenvalue weighted by Crippen LogP contribution is 2.25. The van der Waals surface area contributed by atoms with Gasteiger partial charge >= 0.3 is 11.8 Å². The number of nitro groups is 1. The summed E-state index contributed by atoms with van der Waals surface area (Å²) >= 11 is 0. The molecule has 4 rings (SSSR count). The number of nitrogens with zero attached hydrogens (tertiary/aromatic N) is 3. The lowest BCUT2D eigenvalue weighted by atomic mass is 10.1. The number of carbonyl (C=O) groups is 2. The summed E-state index contributed by atoms with van der Waals surface area (Å²) in [5, 5.41) is 16.1. The Morgan fingerprint density at radius 2 is 1.81 bits per heavy atom. The van der Waals surface area contributed by atoms with Crippen LogP contribution >= 0.6 is 0 Å². The number of furan rings is 1. The van der Waals surface area contributed by atoms with E-state index in [1.54, 1.807) is 31.4 Å². The van der Waals surface area contributed by atoms with Crippen molar-refractivity contribution in [2.24, 2.45) is 0 Å². The molecule has 1 aromatic heterocycles. The van der Waals surface area contributed by atoms with E-state index >= 15 is 0 Å². The number of benzene rings is 2. The van der Waals surface area contributed by atoms with E-state index < -0.39 is 16.7 Å².